The molecule has 0 saturated carbocycles. The molecule has 6 heteroatoms. The second-order valence-corrected chi connectivity index (χ2v) is 4.40. The normalized spacial score (nSPS) is 9.80. The molecule has 0 amide bonds. The molecule has 0 atom stereocenters. The average molecular weight is 289 g/mol. The van der Waals surface area contributed by atoms with Crippen LogP contribution in [0.5, 0.6) is 5.75 Å². The number of nitro groups is 1. The van der Waals surface area contributed by atoms with Gasteiger partial charge >= 0.3 is 0 Å². The Morgan fingerprint density at radius 2 is 1.95 bits per heavy atom. The van der Waals surface area contributed by atoms with E-state index in [1.54, 1.807) is 18.2 Å². The van der Waals surface area contributed by atoms with Crippen molar-refractivity contribution in [2.24, 2.45) is 0 Å². The van der Waals surface area contributed by atoms with Crippen LogP contribution >= 0.6 is 11.6 Å². The average Bonchev–Trinajstić information content (AvgIpc) is 2.46. The number of halogens is 1. The molecular formula is C14H9ClN2O3. The van der Waals surface area contributed by atoms with Gasteiger partial charge in [-0.2, -0.15) is 5.26 Å². The molecule has 20 heavy (non-hydrogen) atoms. The minimum Gasteiger partial charge on any atom is -0.489 e. The van der Waals surface area contributed by atoms with Gasteiger partial charge in [0.1, 0.15) is 24.0 Å². The molecule has 0 fully saturated rings. The maximum atomic E-state index is 10.7. The molecule has 2 rings (SSSR count). The SMILES string of the molecule is N#Cc1cc(OCc2ccc(Cl)cc2)ccc1[N+](=O)[O-]. The van der Waals surface area contributed by atoms with Crippen molar-refractivity contribution < 1.29 is 9.66 Å². The zero-order valence-corrected chi connectivity index (χ0v) is 11.0. The van der Waals surface area contributed by atoms with Crippen LogP contribution in [0.3, 0.4) is 0 Å². The predicted molar refractivity (Wildman–Crippen MR) is 73.6 cm³/mol. The van der Waals surface area contributed by atoms with Crippen LogP contribution in [-0.4, -0.2) is 4.92 Å². The minimum absolute atomic E-state index is 0.0244. The van der Waals surface area contributed by atoms with E-state index >= 15 is 0 Å². The molecule has 0 spiro atoms. The van der Waals surface area contributed by atoms with Gasteiger partial charge in [-0.1, -0.05) is 23.7 Å². The third kappa shape index (κ3) is 3.25. The van der Waals surface area contributed by atoms with Crippen molar-refractivity contribution in [3.63, 3.8) is 0 Å². The second kappa shape index (κ2) is 6.04. The molecule has 0 aromatic heterocycles. The quantitative estimate of drug-likeness (QED) is 0.635. The van der Waals surface area contributed by atoms with Gasteiger partial charge in [0.25, 0.3) is 5.69 Å². The Balaban J connectivity index is 2.12. The van der Waals surface area contributed by atoms with Crippen molar-refractivity contribution in [3.8, 4) is 11.8 Å². The maximum absolute atomic E-state index is 10.7. The first kappa shape index (κ1) is 13.8. The van der Waals surface area contributed by atoms with Gasteiger partial charge in [0, 0.05) is 17.2 Å². The first-order valence-electron chi connectivity index (χ1n) is 5.66. The maximum Gasteiger partial charge on any atom is 0.287 e. The number of hydrogen-bond donors (Lipinski definition) is 0. The van der Waals surface area contributed by atoms with Crippen LogP contribution in [-0.2, 0) is 6.61 Å². The number of nitrogens with zero attached hydrogens (tertiary/aromatic N) is 2. The number of hydrogen-bond acceptors (Lipinski definition) is 4. The Kier molecular flexibility index (Phi) is 4.18. The van der Waals surface area contributed by atoms with E-state index in [0.717, 1.165) is 5.56 Å². The summed E-state index contributed by atoms with van der Waals surface area (Å²) in [7, 11) is 0. The highest BCUT2D eigenvalue weighted by Crippen LogP contribution is 2.24. The van der Waals surface area contributed by atoms with Crippen molar-refractivity contribution in [2.45, 2.75) is 6.61 Å². The van der Waals surface area contributed by atoms with Crippen molar-refractivity contribution >= 4 is 17.3 Å². The van der Waals surface area contributed by atoms with Crippen LogP contribution in [0.25, 0.3) is 0 Å². The summed E-state index contributed by atoms with van der Waals surface area (Å²) in [4.78, 5) is 10.1. The fourth-order valence-electron chi connectivity index (χ4n) is 1.60. The first-order valence-corrected chi connectivity index (χ1v) is 6.04. The van der Waals surface area contributed by atoms with Crippen LogP contribution in [0, 0.1) is 21.4 Å². The summed E-state index contributed by atoms with van der Waals surface area (Å²) in [5, 5.41) is 20.2. The number of rotatable bonds is 4. The van der Waals surface area contributed by atoms with Crippen LogP contribution in [0.2, 0.25) is 5.02 Å². The summed E-state index contributed by atoms with van der Waals surface area (Å²) < 4.78 is 5.49. The van der Waals surface area contributed by atoms with E-state index in [1.807, 2.05) is 12.1 Å². The molecule has 0 unspecified atom stereocenters. The van der Waals surface area contributed by atoms with Gasteiger partial charge in [-0.3, -0.25) is 10.1 Å². The highest BCUT2D eigenvalue weighted by Gasteiger charge is 2.14. The second-order valence-electron chi connectivity index (χ2n) is 3.96. The highest BCUT2D eigenvalue weighted by molar-refractivity contribution is 6.30. The zero-order chi connectivity index (χ0) is 14.5. The number of ether oxygens (including phenoxy) is 1. The largest absolute Gasteiger partial charge is 0.489 e. The minimum atomic E-state index is -0.596. The fraction of sp³-hybridized carbons (Fsp3) is 0.0714. The Morgan fingerprint density at radius 3 is 2.55 bits per heavy atom. The summed E-state index contributed by atoms with van der Waals surface area (Å²) in [5.74, 6) is 0.405. The molecule has 0 N–H and O–H groups in total. The molecule has 0 bridgehead atoms. The Hall–Kier alpha value is -2.58. The van der Waals surface area contributed by atoms with Crippen molar-refractivity contribution in [1.29, 1.82) is 5.26 Å². The summed E-state index contributed by atoms with van der Waals surface area (Å²) in [6, 6.07) is 13.0. The van der Waals surface area contributed by atoms with E-state index in [0.29, 0.717) is 17.4 Å². The van der Waals surface area contributed by atoms with E-state index in [4.69, 9.17) is 21.6 Å². The molecule has 0 heterocycles. The van der Waals surface area contributed by atoms with Gasteiger partial charge in [-0.15, -0.1) is 0 Å². The third-order valence-electron chi connectivity index (χ3n) is 2.60. The molecule has 0 aliphatic carbocycles. The molecule has 5 nitrogen and oxygen atoms in total. The van der Waals surface area contributed by atoms with Gasteiger partial charge < -0.3 is 4.74 Å². The standard InChI is InChI=1S/C14H9ClN2O3/c15-12-3-1-10(2-4-12)9-20-13-5-6-14(17(18)19)11(7-13)8-16/h1-7H,9H2. The van der Waals surface area contributed by atoms with E-state index in [-0.39, 0.29) is 11.3 Å². The topological polar surface area (TPSA) is 76.2 Å². The predicted octanol–water partition coefficient (Wildman–Crippen LogP) is 3.70. The molecule has 2 aromatic rings. The number of nitriles is 1. The lowest BCUT2D eigenvalue weighted by molar-refractivity contribution is -0.385. The van der Waals surface area contributed by atoms with Crippen LogP contribution in [0.15, 0.2) is 42.5 Å². The number of nitro benzene ring substituents is 1. The molecule has 0 aliphatic rings. The Bertz CT molecular complexity index is 678. The third-order valence-corrected chi connectivity index (χ3v) is 2.86. The van der Waals surface area contributed by atoms with Crippen LogP contribution in [0.4, 0.5) is 5.69 Å². The van der Waals surface area contributed by atoms with Gasteiger partial charge in [-0.25, -0.2) is 0 Å². The van der Waals surface area contributed by atoms with Gasteiger partial charge in [0.2, 0.25) is 0 Å². The van der Waals surface area contributed by atoms with Gasteiger partial charge in [0.15, 0.2) is 0 Å². The van der Waals surface area contributed by atoms with Crippen molar-refractivity contribution in [1.82, 2.24) is 0 Å². The molecule has 100 valence electrons. The molecular weight excluding hydrogens is 280 g/mol. The van der Waals surface area contributed by atoms with E-state index < -0.39 is 4.92 Å². The highest BCUT2D eigenvalue weighted by atomic mass is 35.5. The van der Waals surface area contributed by atoms with Crippen LogP contribution in [0.1, 0.15) is 11.1 Å². The van der Waals surface area contributed by atoms with Crippen LogP contribution < -0.4 is 4.74 Å². The van der Waals surface area contributed by atoms with E-state index in [1.165, 1.54) is 18.2 Å². The summed E-state index contributed by atoms with van der Waals surface area (Å²) in [6.07, 6.45) is 0. The fourth-order valence-corrected chi connectivity index (χ4v) is 1.73. The lowest BCUT2D eigenvalue weighted by Gasteiger charge is -2.06. The monoisotopic (exact) mass is 288 g/mol. The van der Waals surface area contributed by atoms with Crippen molar-refractivity contribution in [3.05, 3.63) is 68.7 Å². The molecule has 0 saturated heterocycles. The summed E-state index contributed by atoms with van der Waals surface area (Å²) in [5.41, 5.74) is 0.654. The smallest absolute Gasteiger partial charge is 0.287 e. The van der Waals surface area contributed by atoms with E-state index in [2.05, 4.69) is 0 Å². The van der Waals surface area contributed by atoms with Gasteiger partial charge in [-0.05, 0) is 23.8 Å². The molecule has 0 aliphatic heterocycles. The Morgan fingerprint density at radius 1 is 1.25 bits per heavy atom. The first-order chi connectivity index (χ1) is 9.60. The lowest BCUT2D eigenvalue weighted by Crippen LogP contribution is -1.97. The summed E-state index contributed by atoms with van der Waals surface area (Å²) in [6.45, 7) is 0.292. The lowest BCUT2D eigenvalue weighted by atomic mass is 10.2. The number of benzene rings is 2. The van der Waals surface area contributed by atoms with Crippen molar-refractivity contribution in [2.75, 3.05) is 0 Å². The Labute approximate surface area is 120 Å². The zero-order valence-electron chi connectivity index (χ0n) is 10.2. The van der Waals surface area contributed by atoms with Gasteiger partial charge in [0.05, 0.1) is 4.92 Å². The molecule has 0 radical (unpaired) electrons. The molecule has 2 aromatic carbocycles. The summed E-state index contributed by atoms with van der Waals surface area (Å²) >= 11 is 5.77. The van der Waals surface area contributed by atoms with E-state index in [9.17, 15) is 10.1 Å².